The van der Waals surface area contributed by atoms with Gasteiger partial charge in [-0.25, -0.2) is 0 Å². The van der Waals surface area contributed by atoms with E-state index in [0.717, 1.165) is 13.0 Å². The van der Waals surface area contributed by atoms with Gasteiger partial charge in [0.15, 0.2) is 0 Å². The Kier molecular flexibility index (Phi) is 4.97. The highest BCUT2D eigenvalue weighted by atomic mass is 15.3. The second-order valence-corrected chi connectivity index (χ2v) is 5.08. The van der Waals surface area contributed by atoms with E-state index in [-0.39, 0.29) is 0 Å². The van der Waals surface area contributed by atoms with Crippen molar-refractivity contribution < 1.29 is 0 Å². The van der Waals surface area contributed by atoms with Crippen molar-refractivity contribution in [1.82, 2.24) is 15.1 Å². The fourth-order valence-electron chi connectivity index (χ4n) is 2.89. The van der Waals surface area contributed by atoms with Crippen LogP contribution < -0.4 is 5.32 Å². The zero-order valence-corrected chi connectivity index (χ0v) is 12.3. The summed E-state index contributed by atoms with van der Waals surface area (Å²) in [6.07, 6.45) is 5.48. The Morgan fingerprint density at radius 3 is 2.68 bits per heavy atom. The molecule has 104 valence electrons. The van der Waals surface area contributed by atoms with Gasteiger partial charge < -0.3 is 5.32 Å². The highest BCUT2D eigenvalue weighted by molar-refractivity contribution is 5.78. The summed E-state index contributed by atoms with van der Waals surface area (Å²) in [5, 5.41) is 9.48. The first kappa shape index (κ1) is 14.1. The van der Waals surface area contributed by atoms with Crippen molar-refractivity contribution in [3.63, 3.8) is 0 Å². The predicted molar refractivity (Wildman–Crippen MR) is 81.4 cm³/mol. The summed E-state index contributed by atoms with van der Waals surface area (Å²) in [4.78, 5) is 0. The third kappa shape index (κ3) is 2.98. The molecule has 0 amide bonds. The molecule has 2 atom stereocenters. The highest BCUT2D eigenvalue weighted by Crippen LogP contribution is 2.24. The average Bonchev–Trinajstić information content (AvgIpc) is 2.84. The van der Waals surface area contributed by atoms with E-state index in [9.17, 15) is 0 Å². The Hall–Kier alpha value is -1.35. The molecule has 1 N–H and O–H groups in total. The lowest BCUT2D eigenvalue weighted by Crippen LogP contribution is -2.37. The highest BCUT2D eigenvalue weighted by Gasteiger charge is 2.22. The number of nitrogens with zero attached hydrogens (tertiary/aromatic N) is 2. The zero-order valence-electron chi connectivity index (χ0n) is 12.3. The molecule has 2 unspecified atom stereocenters. The van der Waals surface area contributed by atoms with E-state index in [0.29, 0.717) is 12.1 Å². The van der Waals surface area contributed by atoms with E-state index in [2.05, 4.69) is 60.1 Å². The molecule has 0 aliphatic carbocycles. The number of hydrogen-bond acceptors (Lipinski definition) is 2. The first-order valence-electron chi connectivity index (χ1n) is 7.47. The SMILES string of the molecule is CCCC(NCC)C(CC)n1ncc2ccccc21. The average molecular weight is 259 g/mol. The van der Waals surface area contributed by atoms with E-state index in [1.54, 1.807) is 0 Å². The maximum atomic E-state index is 4.63. The molecule has 0 bridgehead atoms. The lowest BCUT2D eigenvalue weighted by molar-refractivity contribution is 0.311. The van der Waals surface area contributed by atoms with Gasteiger partial charge in [0.2, 0.25) is 0 Å². The normalized spacial score (nSPS) is 14.7. The summed E-state index contributed by atoms with van der Waals surface area (Å²) in [6, 6.07) is 9.40. The van der Waals surface area contributed by atoms with Gasteiger partial charge in [-0.05, 0) is 25.5 Å². The monoisotopic (exact) mass is 259 g/mol. The van der Waals surface area contributed by atoms with Crippen molar-refractivity contribution in [3.8, 4) is 0 Å². The minimum atomic E-state index is 0.430. The van der Waals surface area contributed by atoms with Crippen molar-refractivity contribution in [3.05, 3.63) is 30.5 Å². The maximum Gasteiger partial charge on any atom is 0.0686 e. The van der Waals surface area contributed by atoms with E-state index in [1.165, 1.54) is 23.7 Å². The molecule has 0 saturated carbocycles. The van der Waals surface area contributed by atoms with Crippen molar-refractivity contribution >= 4 is 10.9 Å². The molecule has 1 aromatic carbocycles. The summed E-state index contributed by atoms with van der Waals surface area (Å²) < 4.78 is 2.21. The number of likely N-dealkylation sites (N-methyl/N-ethyl adjacent to an activating group) is 1. The molecular weight excluding hydrogens is 234 g/mol. The minimum absolute atomic E-state index is 0.430. The van der Waals surface area contributed by atoms with E-state index >= 15 is 0 Å². The second kappa shape index (κ2) is 6.71. The van der Waals surface area contributed by atoms with Crippen LogP contribution in [-0.4, -0.2) is 22.4 Å². The first-order valence-corrected chi connectivity index (χ1v) is 7.47. The van der Waals surface area contributed by atoms with Gasteiger partial charge in [-0.3, -0.25) is 4.68 Å². The Labute approximate surface area is 116 Å². The maximum absolute atomic E-state index is 4.63. The molecule has 0 fully saturated rings. The van der Waals surface area contributed by atoms with Crippen LogP contribution in [0.5, 0.6) is 0 Å². The second-order valence-electron chi connectivity index (χ2n) is 5.08. The Bertz CT molecular complexity index is 497. The number of fused-ring (bicyclic) bond motifs is 1. The zero-order chi connectivity index (χ0) is 13.7. The van der Waals surface area contributed by atoms with Crippen LogP contribution >= 0.6 is 0 Å². The van der Waals surface area contributed by atoms with Crippen molar-refractivity contribution in [2.75, 3.05) is 6.54 Å². The molecule has 0 spiro atoms. The molecule has 3 heteroatoms. The molecule has 1 aromatic heterocycles. The topological polar surface area (TPSA) is 29.9 Å². The van der Waals surface area contributed by atoms with Crippen LogP contribution in [0.3, 0.4) is 0 Å². The number of nitrogens with one attached hydrogen (secondary N) is 1. The van der Waals surface area contributed by atoms with Gasteiger partial charge >= 0.3 is 0 Å². The minimum Gasteiger partial charge on any atom is -0.312 e. The van der Waals surface area contributed by atoms with Crippen LogP contribution in [-0.2, 0) is 0 Å². The number of rotatable bonds is 7. The van der Waals surface area contributed by atoms with Gasteiger partial charge in [-0.15, -0.1) is 0 Å². The number of benzene rings is 1. The fraction of sp³-hybridized carbons (Fsp3) is 0.562. The number of aromatic nitrogens is 2. The molecule has 19 heavy (non-hydrogen) atoms. The molecule has 1 heterocycles. The summed E-state index contributed by atoms with van der Waals surface area (Å²) in [6.45, 7) is 7.69. The summed E-state index contributed by atoms with van der Waals surface area (Å²) >= 11 is 0. The van der Waals surface area contributed by atoms with E-state index < -0.39 is 0 Å². The third-order valence-electron chi connectivity index (χ3n) is 3.77. The van der Waals surface area contributed by atoms with Crippen LogP contribution in [0.4, 0.5) is 0 Å². The molecule has 2 aromatic rings. The van der Waals surface area contributed by atoms with Gasteiger partial charge in [0, 0.05) is 11.4 Å². The van der Waals surface area contributed by atoms with Gasteiger partial charge in [0.25, 0.3) is 0 Å². The Morgan fingerprint density at radius 2 is 2.00 bits per heavy atom. The molecule has 0 aliphatic rings. The lowest BCUT2D eigenvalue weighted by Gasteiger charge is -2.27. The van der Waals surface area contributed by atoms with Gasteiger partial charge in [-0.2, -0.15) is 5.10 Å². The first-order chi connectivity index (χ1) is 9.31. The smallest absolute Gasteiger partial charge is 0.0686 e. The molecule has 3 nitrogen and oxygen atoms in total. The van der Waals surface area contributed by atoms with Crippen LogP contribution in [0.1, 0.15) is 46.1 Å². The van der Waals surface area contributed by atoms with Crippen molar-refractivity contribution in [2.45, 2.75) is 52.1 Å². The largest absolute Gasteiger partial charge is 0.312 e. The molecular formula is C16H25N3. The molecule has 0 aliphatic heterocycles. The molecule has 0 radical (unpaired) electrons. The van der Waals surface area contributed by atoms with Gasteiger partial charge in [0.05, 0.1) is 17.8 Å². The number of para-hydroxylation sites is 1. The third-order valence-corrected chi connectivity index (χ3v) is 3.77. The van der Waals surface area contributed by atoms with Crippen LogP contribution in [0.25, 0.3) is 10.9 Å². The molecule has 0 saturated heterocycles. The number of hydrogen-bond donors (Lipinski definition) is 1. The predicted octanol–water partition coefficient (Wildman–Crippen LogP) is 3.77. The Balaban J connectivity index is 2.34. The summed E-state index contributed by atoms with van der Waals surface area (Å²) in [5.41, 5.74) is 1.24. The van der Waals surface area contributed by atoms with Gasteiger partial charge in [-0.1, -0.05) is 45.4 Å². The van der Waals surface area contributed by atoms with Gasteiger partial charge in [0.1, 0.15) is 0 Å². The van der Waals surface area contributed by atoms with E-state index in [1.807, 2.05) is 6.20 Å². The van der Waals surface area contributed by atoms with Crippen molar-refractivity contribution in [2.24, 2.45) is 0 Å². The quantitative estimate of drug-likeness (QED) is 0.820. The van der Waals surface area contributed by atoms with E-state index in [4.69, 9.17) is 0 Å². The van der Waals surface area contributed by atoms with Crippen LogP contribution in [0, 0.1) is 0 Å². The standard InChI is InChI=1S/C16H25N3/c1-4-9-14(17-6-3)15(5-2)19-16-11-8-7-10-13(16)12-18-19/h7-8,10-12,14-15,17H,4-6,9H2,1-3H3. The summed E-state index contributed by atoms with van der Waals surface area (Å²) in [5.74, 6) is 0. The van der Waals surface area contributed by atoms with Crippen LogP contribution in [0.15, 0.2) is 30.5 Å². The van der Waals surface area contributed by atoms with Crippen LogP contribution in [0.2, 0.25) is 0 Å². The fourth-order valence-corrected chi connectivity index (χ4v) is 2.89. The lowest BCUT2D eigenvalue weighted by atomic mass is 10.0. The summed E-state index contributed by atoms with van der Waals surface area (Å²) in [7, 11) is 0. The molecule has 2 rings (SSSR count). The Morgan fingerprint density at radius 1 is 1.21 bits per heavy atom. The van der Waals surface area contributed by atoms with Crippen molar-refractivity contribution in [1.29, 1.82) is 0 Å².